The second kappa shape index (κ2) is 3.92. The van der Waals surface area contributed by atoms with E-state index in [1.54, 1.807) is 12.4 Å². The summed E-state index contributed by atoms with van der Waals surface area (Å²) >= 11 is 0. The number of nitrogens with zero attached hydrogens (tertiary/aromatic N) is 4. The molecule has 0 radical (unpaired) electrons. The molecular formula is C12H15N5. The highest BCUT2D eigenvalue weighted by Crippen LogP contribution is 2.27. The van der Waals surface area contributed by atoms with Crippen LogP contribution in [0.2, 0.25) is 0 Å². The average molecular weight is 229 g/mol. The molecule has 88 valence electrons. The molecule has 5 heteroatoms. The molecule has 2 aromatic heterocycles. The Balaban J connectivity index is 2.03. The quantitative estimate of drug-likeness (QED) is 0.802. The third-order valence-electron chi connectivity index (χ3n) is 3.11. The summed E-state index contributed by atoms with van der Waals surface area (Å²) in [6, 6.07) is 3.83. The minimum Gasteiger partial charge on any atom is -0.321 e. The Morgan fingerprint density at radius 1 is 1.35 bits per heavy atom. The lowest BCUT2D eigenvalue weighted by molar-refractivity contribution is 0.325. The SMILES string of the molecule is CC1CC(N)c2nc(-c3ccncc3)nn2C1. The van der Waals surface area contributed by atoms with Crippen molar-refractivity contribution in [2.24, 2.45) is 11.7 Å². The smallest absolute Gasteiger partial charge is 0.181 e. The number of nitrogens with two attached hydrogens (primary N) is 1. The molecule has 2 atom stereocenters. The molecule has 5 nitrogen and oxygen atoms in total. The van der Waals surface area contributed by atoms with Crippen molar-refractivity contribution >= 4 is 0 Å². The number of rotatable bonds is 1. The molecule has 0 aliphatic carbocycles. The van der Waals surface area contributed by atoms with Crippen LogP contribution in [0.15, 0.2) is 24.5 Å². The van der Waals surface area contributed by atoms with Crippen molar-refractivity contribution in [3.05, 3.63) is 30.4 Å². The van der Waals surface area contributed by atoms with Crippen LogP contribution in [0.1, 0.15) is 25.2 Å². The summed E-state index contributed by atoms with van der Waals surface area (Å²) in [5.41, 5.74) is 7.08. The van der Waals surface area contributed by atoms with Crippen LogP contribution in [0.5, 0.6) is 0 Å². The Labute approximate surface area is 99.7 Å². The molecule has 3 heterocycles. The maximum absolute atomic E-state index is 6.09. The summed E-state index contributed by atoms with van der Waals surface area (Å²) in [4.78, 5) is 8.53. The van der Waals surface area contributed by atoms with Crippen LogP contribution in [0.3, 0.4) is 0 Å². The first kappa shape index (κ1) is 10.4. The lowest BCUT2D eigenvalue weighted by Gasteiger charge is -2.23. The largest absolute Gasteiger partial charge is 0.321 e. The molecule has 0 fully saturated rings. The van der Waals surface area contributed by atoms with Crippen LogP contribution in [0, 0.1) is 5.92 Å². The van der Waals surface area contributed by atoms with E-state index in [9.17, 15) is 0 Å². The van der Waals surface area contributed by atoms with Gasteiger partial charge in [-0.1, -0.05) is 6.92 Å². The van der Waals surface area contributed by atoms with Crippen molar-refractivity contribution in [1.29, 1.82) is 0 Å². The van der Waals surface area contributed by atoms with Crippen molar-refractivity contribution < 1.29 is 0 Å². The summed E-state index contributed by atoms with van der Waals surface area (Å²) < 4.78 is 1.94. The molecule has 0 saturated carbocycles. The summed E-state index contributed by atoms with van der Waals surface area (Å²) in [6.45, 7) is 3.09. The monoisotopic (exact) mass is 229 g/mol. The summed E-state index contributed by atoms with van der Waals surface area (Å²) in [6.07, 6.45) is 4.48. The van der Waals surface area contributed by atoms with E-state index < -0.39 is 0 Å². The average Bonchev–Trinajstić information content (AvgIpc) is 2.74. The van der Waals surface area contributed by atoms with Gasteiger partial charge in [-0.3, -0.25) is 4.98 Å². The Hall–Kier alpha value is -1.75. The minimum atomic E-state index is 0.00170. The molecule has 2 N–H and O–H groups in total. The van der Waals surface area contributed by atoms with Gasteiger partial charge in [-0.05, 0) is 24.5 Å². The molecule has 1 aliphatic rings. The fourth-order valence-corrected chi connectivity index (χ4v) is 2.29. The maximum atomic E-state index is 6.09. The highest BCUT2D eigenvalue weighted by molar-refractivity contribution is 5.53. The van der Waals surface area contributed by atoms with E-state index in [2.05, 4.69) is 22.0 Å². The minimum absolute atomic E-state index is 0.00170. The second-order valence-corrected chi connectivity index (χ2v) is 4.66. The summed E-state index contributed by atoms with van der Waals surface area (Å²) in [5.74, 6) is 2.20. The lowest BCUT2D eigenvalue weighted by atomic mass is 9.98. The number of pyridine rings is 1. The summed E-state index contributed by atoms with van der Waals surface area (Å²) in [5, 5.41) is 4.52. The fourth-order valence-electron chi connectivity index (χ4n) is 2.29. The van der Waals surface area contributed by atoms with Crippen molar-refractivity contribution in [3.63, 3.8) is 0 Å². The number of hydrogen-bond acceptors (Lipinski definition) is 4. The standard InChI is InChI=1S/C12H15N5/c1-8-6-10(13)12-15-11(16-17(12)7-8)9-2-4-14-5-3-9/h2-5,8,10H,6-7,13H2,1H3. The van der Waals surface area contributed by atoms with E-state index in [-0.39, 0.29) is 6.04 Å². The van der Waals surface area contributed by atoms with Gasteiger partial charge < -0.3 is 5.73 Å². The van der Waals surface area contributed by atoms with E-state index in [1.807, 2.05) is 16.8 Å². The normalized spacial score (nSPS) is 23.4. The summed E-state index contributed by atoms with van der Waals surface area (Å²) in [7, 11) is 0. The Kier molecular flexibility index (Phi) is 2.40. The van der Waals surface area contributed by atoms with Gasteiger partial charge in [-0.25, -0.2) is 9.67 Å². The molecule has 0 spiro atoms. The van der Waals surface area contributed by atoms with E-state index in [0.29, 0.717) is 5.92 Å². The number of fused-ring (bicyclic) bond motifs is 1. The van der Waals surface area contributed by atoms with Crippen molar-refractivity contribution in [1.82, 2.24) is 19.7 Å². The molecule has 0 bridgehead atoms. The molecule has 0 saturated heterocycles. The van der Waals surface area contributed by atoms with Gasteiger partial charge in [-0.2, -0.15) is 5.10 Å². The Morgan fingerprint density at radius 2 is 2.12 bits per heavy atom. The van der Waals surface area contributed by atoms with E-state index >= 15 is 0 Å². The molecule has 17 heavy (non-hydrogen) atoms. The zero-order chi connectivity index (χ0) is 11.8. The Morgan fingerprint density at radius 3 is 2.88 bits per heavy atom. The number of hydrogen-bond donors (Lipinski definition) is 1. The first-order chi connectivity index (χ1) is 8.24. The molecular weight excluding hydrogens is 214 g/mol. The zero-order valence-corrected chi connectivity index (χ0v) is 9.74. The molecule has 0 aromatic carbocycles. The molecule has 1 aliphatic heterocycles. The lowest BCUT2D eigenvalue weighted by Crippen LogP contribution is -2.27. The third-order valence-corrected chi connectivity index (χ3v) is 3.11. The van der Waals surface area contributed by atoms with Gasteiger partial charge in [0.2, 0.25) is 0 Å². The maximum Gasteiger partial charge on any atom is 0.181 e. The highest BCUT2D eigenvalue weighted by atomic mass is 15.4. The van der Waals surface area contributed by atoms with Crippen LogP contribution >= 0.6 is 0 Å². The molecule has 3 rings (SSSR count). The molecule has 2 unspecified atom stereocenters. The van der Waals surface area contributed by atoms with Crippen LogP contribution in [-0.2, 0) is 6.54 Å². The van der Waals surface area contributed by atoms with Crippen LogP contribution in [0.4, 0.5) is 0 Å². The van der Waals surface area contributed by atoms with Gasteiger partial charge >= 0.3 is 0 Å². The Bertz CT molecular complexity index is 519. The van der Waals surface area contributed by atoms with Gasteiger partial charge in [0, 0.05) is 24.5 Å². The second-order valence-electron chi connectivity index (χ2n) is 4.66. The number of aromatic nitrogens is 4. The highest BCUT2D eigenvalue weighted by Gasteiger charge is 2.25. The van der Waals surface area contributed by atoms with Crippen molar-refractivity contribution in [2.75, 3.05) is 0 Å². The fraction of sp³-hybridized carbons (Fsp3) is 0.417. The van der Waals surface area contributed by atoms with E-state index in [0.717, 1.165) is 30.2 Å². The van der Waals surface area contributed by atoms with E-state index in [4.69, 9.17) is 5.73 Å². The molecule has 0 amide bonds. The van der Waals surface area contributed by atoms with Gasteiger partial charge in [-0.15, -0.1) is 0 Å². The first-order valence-electron chi connectivity index (χ1n) is 5.85. The van der Waals surface area contributed by atoms with Crippen LogP contribution in [-0.4, -0.2) is 19.7 Å². The van der Waals surface area contributed by atoms with Gasteiger partial charge in [0.15, 0.2) is 5.82 Å². The van der Waals surface area contributed by atoms with Crippen LogP contribution in [0.25, 0.3) is 11.4 Å². The van der Waals surface area contributed by atoms with Crippen LogP contribution < -0.4 is 5.73 Å². The van der Waals surface area contributed by atoms with Gasteiger partial charge in [0.1, 0.15) is 5.82 Å². The third kappa shape index (κ3) is 1.82. The van der Waals surface area contributed by atoms with Gasteiger partial charge in [0.25, 0.3) is 0 Å². The zero-order valence-electron chi connectivity index (χ0n) is 9.74. The van der Waals surface area contributed by atoms with Crippen molar-refractivity contribution in [3.8, 4) is 11.4 Å². The van der Waals surface area contributed by atoms with E-state index in [1.165, 1.54) is 0 Å². The predicted molar refractivity (Wildman–Crippen MR) is 64.0 cm³/mol. The topological polar surface area (TPSA) is 69.6 Å². The predicted octanol–water partition coefficient (Wildman–Crippen LogP) is 1.38. The molecule has 2 aromatic rings. The van der Waals surface area contributed by atoms with Gasteiger partial charge in [0.05, 0.1) is 6.04 Å². The van der Waals surface area contributed by atoms with Crippen molar-refractivity contribution in [2.45, 2.75) is 25.9 Å². The first-order valence-corrected chi connectivity index (χ1v) is 5.85.